The van der Waals surface area contributed by atoms with Crippen molar-refractivity contribution < 1.29 is 23.8 Å². The van der Waals surface area contributed by atoms with Gasteiger partial charge in [0.1, 0.15) is 18.6 Å². The summed E-state index contributed by atoms with van der Waals surface area (Å²) >= 11 is 9.82. The lowest BCUT2D eigenvalue weighted by molar-refractivity contribution is 0.0662. The number of anilines is 1. The summed E-state index contributed by atoms with van der Waals surface area (Å²) in [7, 11) is 0. The molecule has 23 heavy (non-hydrogen) atoms. The lowest BCUT2D eigenvalue weighted by Crippen LogP contribution is -2.36. The van der Waals surface area contributed by atoms with Gasteiger partial charge in [0, 0.05) is 11.1 Å². The summed E-state index contributed by atoms with van der Waals surface area (Å²) in [6.45, 7) is 0.464. The topological polar surface area (TPSA) is 92.0 Å². The Bertz CT molecular complexity index is 706. The molecule has 0 aliphatic carbocycles. The predicted octanol–water partition coefficient (Wildman–Crippen LogP) is 3.07. The van der Waals surface area contributed by atoms with E-state index in [0.29, 0.717) is 10.8 Å². The van der Waals surface area contributed by atoms with Crippen LogP contribution in [-0.4, -0.2) is 30.3 Å². The smallest absolute Gasteiger partial charge is 0.371 e. The predicted molar refractivity (Wildman–Crippen MR) is 87.5 cm³/mol. The van der Waals surface area contributed by atoms with E-state index in [1.807, 2.05) is 0 Å². The highest BCUT2D eigenvalue weighted by Crippen LogP contribution is 2.20. The number of furan rings is 1. The Morgan fingerprint density at radius 2 is 2.17 bits per heavy atom. The molecule has 0 aliphatic rings. The third kappa shape index (κ3) is 4.83. The quantitative estimate of drug-likeness (QED) is 0.546. The molecule has 9 heteroatoms. The molecule has 1 heterocycles. The van der Waals surface area contributed by atoms with Gasteiger partial charge in [0.25, 0.3) is 0 Å². The van der Waals surface area contributed by atoms with E-state index in [-0.39, 0.29) is 24.6 Å². The fourth-order valence-electron chi connectivity index (χ4n) is 1.63. The molecule has 0 saturated heterocycles. The molecule has 2 N–H and O–H groups in total. The SMILES string of the molecule is O=C(O)c1cc(N(S)C(=O)NCCOc2cccc(Cl)c2)co1. The maximum Gasteiger partial charge on any atom is 0.371 e. The van der Waals surface area contributed by atoms with Gasteiger partial charge >= 0.3 is 12.0 Å². The van der Waals surface area contributed by atoms with Crippen molar-refractivity contribution in [2.75, 3.05) is 17.5 Å². The van der Waals surface area contributed by atoms with Gasteiger partial charge in [-0.05, 0) is 18.2 Å². The Morgan fingerprint density at radius 1 is 1.39 bits per heavy atom. The molecule has 7 nitrogen and oxygen atoms in total. The van der Waals surface area contributed by atoms with Crippen LogP contribution in [0.5, 0.6) is 5.75 Å². The Morgan fingerprint density at radius 3 is 2.83 bits per heavy atom. The second kappa shape index (κ2) is 7.80. The molecule has 1 aromatic carbocycles. The van der Waals surface area contributed by atoms with Gasteiger partial charge in [-0.1, -0.05) is 30.5 Å². The van der Waals surface area contributed by atoms with Crippen LogP contribution in [0.1, 0.15) is 10.6 Å². The lowest BCUT2D eigenvalue weighted by atomic mass is 10.3. The summed E-state index contributed by atoms with van der Waals surface area (Å²) in [5, 5.41) is 11.9. The van der Waals surface area contributed by atoms with Gasteiger partial charge in [0.05, 0.1) is 12.2 Å². The minimum atomic E-state index is -1.23. The summed E-state index contributed by atoms with van der Waals surface area (Å²) < 4.78 is 11.1. The number of nitrogens with one attached hydrogen (secondary N) is 1. The van der Waals surface area contributed by atoms with Crippen LogP contribution in [0.3, 0.4) is 0 Å². The number of thiol groups is 1. The number of carboxylic acid groups (broad SMARTS) is 1. The first-order chi connectivity index (χ1) is 11.0. The first-order valence-electron chi connectivity index (χ1n) is 6.44. The van der Waals surface area contributed by atoms with E-state index in [1.165, 1.54) is 6.07 Å². The lowest BCUT2D eigenvalue weighted by Gasteiger charge is -2.14. The minimum Gasteiger partial charge on any atom is -0.492 e. The van der Waals surface area contributed by atoms with Crippen LogP contribution < -0.4 is 14.4 Å². The molecule has 0 aliphatic heterocycles. The molecule has 0 atom stereocenters. The Kier molecular flexibility index (Phi) is 5.78. The van der Waals surface area contributed by atoms with Crippen LogP contribution in [0.4, 0.5) is 10.5 Å². The molecule has 0 unspecified atom stereocenters. The maximum atomic E-state index is 11.9. The number of nitrogens with zero attached hydrogens (tertiary/aromatic N) is 1. The van der Waals surface area contributed by atoms with Gasteiger partial charge in [0.2, 0.25) is 5.76 Å². The molecule has 2 aromatic rings. The molecular weight excluding hydrogens is 344 g/mol. The summed E-state index contributed by atoms with van der Waals surface area (Å²) in [6, 6.07) is 7.54. The molecule has 2 amide bonds. The number of urea groups is 1. The van der Waals surface area contributed by atoms with Crippen LogP contribution in [0, 0.1) is 0 Å². The van der Waals surface area contributed by atoms with Crippen molar-refractivity contribution in [1.82, 2.24) is 5.32 Å². The Labute approximate surface area is 142 Å². The van der Waals surface area contributed by atoms with Gasteiger partial charge in [-0.2, -0.15) is 0 Å². The van der Waals surface area contributed by atoms with Gasteiger partial charge in [-0.25, -0.2) is 13.9 Å². The highest BCUT2D eigenvalue weighted by atomic mass is 35.5. The normalized spacial score (nSPS) is 10.2. The van der Waals surface area contributed by atoms with Crippen molar-refractivity contribution in [3.8, 4) is 5.75 Å². The number of amides is 2. The number of carboxylic acids is 1. The summed E-state index contributed by atoms with van der Waals surface area (Å²) in [6.07, 6.45) is 1.12. The molecule has 2 rings (SSSR count). The number of rotatable bonds is 6. The van der Waals surface area contributed by atoms with Gasteiger partial charge < -0.3 is 19.6 Å². The van der Waals surface area contributed by atoms with E-state index < -0.39 is 12.0 Å². The highest BCUT2D eigenvalue weighted by molar-refractivity contribution is 7.82. The standard InChI is InChI=1S/C14H13ClN2O5S/c15-9-2-1-3-11(6-9)21-5-4-16-14(20)17(23)10-7-12(13(18)19)22-8-10/h1-3,6-8,23H,4-5H2,(H,16,20)(H,18,19). The van der Waals surface area contributed by atoms with Crippen molar-refractivity contribution in [2.24, 2.45) is 0 Å². The highest BCUT2D eigenvalue weighted by Gasteiger charge is 2.17. The number of benzene rings is 1. The van der Waals surface area contributed by atoms with Gasteiger partial charge in [-0.15, -0.1) is 0 Å². The van der Waals surface area contributed by atoms with Crippen molar-refractivity contribution >= 4 is 42.1 Å². The number of hydrogen-bond donors (Lipinski definition) is 3. The first kappa shape index (κ1) is 17.0. The number of ether oxygens (including phenoxy) is 1. The molecule has 1 aromatic heterocycles. The van der Waals surface area contributed by atoms with E-state index in [2.05, 4.69) is 18.1 Å². The van der Waals surface area contributed by atoms with Crippen LogP contribution in [0.2, 0.25) is 5.02 Å². The Hall–Kier alpha value is -2.32. The second-order valence-corrected chi connectivity index (χ2v) is 5.16. The zero-order valence-electron chi connectivity index (χ0n) is 11.7. The van der Waals surface area contributed by atoms with Crippen molar-refractivity contribution in [3.63, 3.8) is 0 Å². The number of carbonyl (C=O) groups is 2. The molecule has 0 radical (unpaired) electrons. The van der Waals surface area contributed by atoms with Gasteiger partial charge in [-0.3, -0.25) is 0 Å². The number of hydrogen-bond acceptors (Lipinski definition) is 5. The van der Waals surface area contributed by atoms with Crippen LogP contribution in [0.25, 0.3) is 0 Å². The van der Waals surface area contributed by atoms with Crippen molar-refractivity contribution in [2.45, 2.75) is 0 Å². The fraction of sp³-hybridized carbons (Fsp3) is 0.143. The molecule has 0 bridgehead atoms. The van der Waals surface area contributed by atoms with Crippen LogP contribution in [0.15, 0.2) is 41.0 Å². The largest absolute Gasteiger partial charge is 0.492 e. The van der Waals surface area contributed by atoms with E-state index in [1.54, 1.807) is 24.3 Å². The molecule has 0 saturated carbocycles. The number of halogens is 1. The van der Waals surface area contributed by atoms with E-state index in [9.17, 15) is 9.59 Å². The minimum absolute atomic E-state index is 0.207. The Balaban J connectivity index is 1.78. The zero-order valence-corrected chi connectivity index (χ0v) is 13.4. The maximum absolute atomic E-state index is 11.9. The average Bonchev–Trinajstić information content (AvgIpc) is 3.01. The third-order valence-corrected chi connectivity index (χ3v) is 3.32. The first-order valence-corrected chi connectivity index (χ1v) is 7.22. The van der Waals surface area contributed by atoms with Crippen LogP contribution >= 0.6 is 24.4 Å². The van der Waals surface area contributed by atoms with Crippen molar-refractivity contribution in [3.05, 3.63) is 47.4 Å². The van der Waals surface area contributed by atoms with E-state index >= 15 is 0 Å². The van der Waals surface area contributed by atoms with E-state index in [0.717, 1.165) is 10.6 Å². The molecule has 0 spiro atoms. The molecule has 122 valence electrons. The molecule has 0 fully saturated rings. The van der Waals surface area contributed by atoms with Crippen molar-refractivity contribution in [1.29, 1.82) is 0 Å². The third-order valence-electron chi connectivity index (χ3n) is 2.68. The monoisotopic (exact) mass is 356 g/mol. The number of aromatic carboxylic acids is 1. The molecular formula is C14H13ClN2O5S. The summed E-state index contributed by atoms with van der Waals surface area (Å²) in [4.78, 5) is 22.6. The zero-order chi connectivity index (χ0) is 16.8. The summed E-state index contributed by atoms with van der Waals surface area (Å²) in [5.41, 5.74) is 0.207. The summed E-state index contributed by atoms with van der Waals surface area (Å²) in [5.74, 6) is -0.917. The van der Waals surface area contributed by atoms with Crippen LogP contribution in [-0.2, 0) is 0 Å². The van der Waals surface area contributed by atoms with Gasteiger partial charge in [0.15, 0.2) is 0 Å². The van der Waals surface area contributed by atoms with E-state index in [4.69, 9.17) is 25.9 Å². The fourth-order valence-corrected chi connectivity index (χ4v) is 1.98. The average molecular weight is 357 g/mol. The second-order valence-electron chi connectivity index (χ2n) is 4.32. The number of carbonyl (C=O) groups excluding carboxylic acids is 1.